The Hall–Kier alpha value is -1.47. The van der Waals surface area contributed by atoms with Crippen LogP contribution in [0.15, 0.2) is 15.3 Å². The normalized spacial score (nSPS) is 11.4. The smallest absolute Gasteiger partial charge is 0.266 e. The summed E-state index contributed by atoms with van der Waals surface area (Å²) in [6.45, 7) is 6.26. The lowest BCUT2D eigenvalue weighted by atomic mass is 10.2. The number of pyridine rings is 1. The number of rotatable bonds is 6. The summed E-state index contributed by atoms with van der Waals surface area (Å²) in [5, 5.41) is 4.14. The molecule has 0 amide bonds. The Labute approximate surface area is 138 Å². The lowest BCUT2D eigenvalue weighted by molar-refractivity contribution is 0.405. The van der Waals surface area contributed by atoms with Crippen molar-refractivity contribution >= 4 is 32.9 Å². The maximum atomic E-state index is 12.2. The molecule has 0 radical (unpaired) electrons. The van der Waals surface area contributed by atoms with Crippen molar-refractivity contribution in [1.82, 2.24) is 19.4 Å². The Morgan fingerprint density at radius 1 is 1.36 bits per heavy atom. The Morgan fingerprint density at radius 2 is 2.09 bits per heavy atom. The summed E-state index contributed by atoms with van der Waals surface area (Å²) >= 11 is 3.32. The summed E-state index contributed by atoms with van der Waals surface area (Å²) in [6, 6.07) is 1.80. The molecule has 2 heterocycles. The molecule has 0 aliphatic carbocycles. The molecule has 2 rings (SSSR count). The molecule has 2 aromatic heterocycles. The van der Waals surface area contributed by atoms with Crippen molar-refractivity contribution in [3.63, 3.8) is 0 Å². The topological polar surface area (TPSA) is 63.1 Å². The van der Waals surface area contributed by atoms with Crippen molar-refractivity contribution in [3.8, 4) is 0 Å². The molecule has 0 bridgehead atoms. The minimum Gasteiger partial charge on any atom is -0.354 e. The number of nitrogens with zero attached hydrogens (tertiary/aromatic N) is 4. The molecule has 0 atom stereocenters. The summed E-state index contributed by atoms with van der Waals surface area (Å²) in [4.78, 5) is 23.4. The van der Waals surface area contributed by atoms with Gasteiger partial charge in [0, 0.05) is 18.5 Å². The first-order chi connectivity index (χ1) is 10.4. The van der Waals surface area contributed by atoms with E-state index >= 15 is 0 Å². The second-order valence-corrected chi connectivity index (χ2v) is 6.35. The summed E-state index contributed by atoms with van der Waals surface area (Å²) < 4.78 is 2.21. The van der Waals surface area contributed by atoms with Crippen molar-refractivity contribution < 1.29 is 0 Å². The second kappa shape index (κ2) is 7.19. The molecule has 0 spiro atoms. The largest absolute Gasteiger partial charge is 0.354 e. The predicted molar refractivity (Wildman–Crippen MR) is 93.6 cm³/mol. The fourth-order valence-corrected chi connectivity index (χ4v) is 2.77. The van der Waals surface area contributed by atoms with E-state index in [1.54, 1.807) is 10.6 Å². The van der Waals surface area contributed by atoms with Crippen LogP contribution in [-0.2, 0) is 6.54 Å². The average Bonchev–Trinajstić information content (AvgIpc) is 2.46. The molecule has 120 valence electrons. The second-order valence-electron chi connectivity index (χ2n) is 5.50. The summed E-state index contributed by atoms with van der Waals surface area (Å²) in [5.74, 6) is 0.577. The van der Waals surface area contributed by atoms with Crippen LogP contribution in [-0.4, -0.2) is 46.6 Å². The van der Waals surface area contributed by atoms with Gasteiger partial charge in [0.2, 0.25) is 5.95 Å². The van der Waals surface area contributed by atoms with Gasteiger partial charge in [-0.15, -0.1) is 0 Å². The lowest BCUT2D eigenvalue weighted by Crippen LogP contribution is -2.22. The third-order valence-electron chi connectivity index (χ3n) is 3.47. The molecule has 0 aliphatic heterocycles. The van der Waals surface area contributed by atoms with Crippen LogP contribution in [0.4, 0.5) is 5.95 Å². The average molecular weight is 368 g/mol. The molecule has 0 aliphatic rings. The maximum Gasteiger partial charge on any atom is 0.266 e. The van der Waals surface area contributed by atoms with E-state index in [9.17, 15) is 4.79 Å². The van der Waals surface area contributed by atoms with Gasteiger partial charge in [-0.3, -0.25) is 9.36 Å². The molecular formula is C15H22BrN5O. The van der Waals surface area contributed by atoms with Crippen LogP contribution in [0.1, 0.15) is 19.0 Å². The van der Waals surface area contributed by atoms with Gasteiger partial charge in [-0.25, -0.2) is 4.98 Å². The van der Waals surface area contributed by atoms with E-state index in [2.05, 4.69) is 50.2 Å². The molecular weight excluding hydrogens is 346 g/mol. The first kappa shape index (κ1) is 16.9. The Balaban J connectivity index is 2.35. The van der Waals surface area contributed by atoms with Gasteiger partial charge in [0.15, 0.2) is 0 Å². The summed E-state index contributed by atoms with van der Waals surface area (Å²) in [6.07, 6.45) is 1.01. The Kier molecular flexibility index (Phi) is 5.52. The zero-order valence-electron chi connectivity index (χ0n) is 13.5. The zero-order chi connectivity index (χ0) is 16.3. The van der Waals surface area contributed by atoms with E-state index in [-0.39, 0.29) is 5.56 Å². The lowest BCUT2D eigenvalue weighted by Gasteiger charge is -2.13. The van der Waals surface area contributed by atoms with Gasteiger partial charge in [0.05, 0.1) is 10.2 Å². The van der Waals surface area contributed by atoms with Gasteiger partial charge < -0.3 is 10.2 Å². The molecule has 0 aromatic carbocycles. The molecule has 0 unspecified atom stereocenters. The molecule has 2 aromatic rings. The quantitative estimate of drug-likeness (QED) is 0.793. The fraction of sp³-hybridized carbons (Fsp3) is 0.533. The number of nitrogens with one attached hydrogen (secondary N) is 1. The highest BCUT2D eigenvalue weighted by molar-refractivity contribution is 9.10. The van der Waals surface area contributed by atoms with Crippen LogP contribution in [0.5, 0.6) is 0 Å². The number of halogens is 1. The number of aryl methyl sites for hydroxylation is 2. The van der Waals surface area contributed by atoms with E-state index < -0.39 is 0 Å². The van der Waals surface area contributed by atoms with Gasteiger partial charge in [-0.2, -0.15) is 4.98 Å². The minimum absolute atomic E-state index is 0.0633. The van der Waals surface area contributed by atoms with Crippen LogP contribution in [0.2, 0.25) is 0 Å². The van der Waals surface area contributed by atoms with Crippen LogP contribution < -0.4 is 10.9 Å². The monoisotopic (exact) mass is 367 g/mol. The third-order valence-corrected chi connectivity index (χ3v) is 4.04. The molecule has 22 heavy (non-hydrogen) atoms. The van der Waals surface area contributed by atoms with Crippen LogP contribution in [0.3, 0.4) is 0 Å². The predicted octanol–water partition coefficient (Wildman–Crippen LogP) is 2.25. The van der Waals surface area contributed by atoms with E-state index in [0.717, 1.165) is 30.6 Å². The Morgan fingerprint density at radius 3 is 2.73 bits per heavy atom. The number of aromatic nitrogens is 3. The van der Waals surface area contributed by atoms with Crippen molar-refractivity contribution in [3.05, 3.63) is 26.6 Å². The highest BCUT2D eigenvalue weighted by Crippen LogP contribution is 2.19. The number of hydrogen-bond donors (Lipinski definition) is 1. The maximum absolute atomic E-state index is 12.2. The molecule has 0 saturated carbocycles. The van der Waals surface area contributed by atoms with Crippen LogP contribution in [0, 0.1) is 6.92 Å². The van der Waals surface area contributed by atoms with Crippen molar-refractivity contribution in [2.45, 2.75) is 26.8 Å². The van der Waals surface area contributed by atoms with E-state index in [1.807, 2.05) is 13.8 Å². The van der Waals surface area contributed by atoms with Gasteiger partial charge in [0.1, 0.15) is 5.65 Å². The highest BCUT2D eigenvalue weighted by atomic mass is 79.9. The molecule has 1 N–H and O–H groups in total. The first-order valence-corrected chi connectivity index (χ1v) is 8.19. The minimum atomic E-state index is -0.0633. The third kappa shape index (κ3) is 3.64. The zero-order valence-corrected chi connectivity index (χ0v) is 15.1. The van der Waals surface area contributed by atoms with Gasteiger partial charge in [0.25, 0.3) is 5.56 Å². The van der Waals surface area contributed by atoms with Gasteiger partial charge >= 0.3 is 0 Å². The summed E-state index contributed by atoms with van der Waals surface area (Å²) in [7, 11) is 4.10. The van der Waals surface area contributed by atoms with E-state index in [4.69, 9.17) is 0 Å². The van der Waals surface area contributed by atoms with E-state index in [0.29, 0.717) is 22.6 Å². The first-order valence-electron chi connectivity index (χ1n) is 7.40. The Bertz CT molecular complexity index is 726. The molecule has 0 fully saturated rings. The van der Waals surface area contributed by atoms with E-state index in [1.165, 1.54) is 0 Å². The standard InChI is InChI=1S/C15H22BrN5O/c1-5-21-13-11(9-12(16)14(21)22)10(2)18-15(19-13)17-7-6-8-20(3)4/h9H,5-8H2,1-4H3,(H,17,18,19). The van der Waals surface area contributed by atoms with Crippen LogP contribution >= 0.6 is 15.9 Å². The fourth-order valence-electron chi connectivity index (χ4n) is 2.32. The van der Waals surface area contributed by atoms with Crippen molar-refractivity contribution in [2.24, 2.45) is 0 Å². The molecule has 6 nitrogen and oxygen atoms in total. The molecule has 7 heteroatoms. The SMILES string of the molecule is CCn1c(=O)c(Br)cc2c(C)nc(NCCCN(C)C)nc21. The highest BCUT2D eigenvalue weighted by Gasteiger charge is 2.12. The number of fused-ring (bicyclic) bond motifs is 1. The van der Waals surface area contributed by atoms with Crippen LogP contribution in [0.25, 0.3) is 11.0 Å². The number of hydrogen-bond acceptors (Lipinski definition) is 5. The van der Waals surface area contributed by atoms with Crippen molar-refractivity contribution in [2.75, 3.05) is 32.5 Å². The van der Waals surface area contributed by atoms with Gasteiger partial charge in [-0.05, 0) is 62.9 Å². The number of anilines is 1. The molecule has 0 saturated heterocycles. The summed E-state index contributed by atoms with van der Waals surface area (Å²) in [5.41, 5.74) is 1.48. The van der Waals surface area contributed by atoms with Crippen molar-refractivity contribution in [1.29, 1.82) is 0 Å². The van der Waals surface area contributed by atoms with Gasteiger partial charge in [-0.1, -0.05) is 0 Å².